The molecule has 2 N–H and O–H groups in total. The highest BCUT2D eigenvalue weighted by Gasteiger charge is 2.05. The Morgan fingerprint density at radius 3 is 2.50 bits per heavy atom. The number of carbonyl (C=O) groups is 1. The number of nitrogens with zero attached hydrogens (tertiary/aromatic N) is 1. The lowest BCUT2D eigenvalue weighted by atomic mass is 10.1. The van der Waals surface area contributed by atoms with Crippen molar-refractivity contribution in [2.75, 3.05) is 7.05 Å². The van der Waals surface area contributed by atoms with E-state index < -0.39 is 5.91 Å². The Kier molecular flexibility index (Phi) is 4.87. The second kappa shape index (κ2) is 6.84. The topological polar surface area (TPSA) is 55.6 Å². The summed E-state index contributed by atoms with van der Waals surface area (Å²) >= 11 is 0. The van der Waals surface area contributed by atoms with Gasteiger partial charge in [-0.15, -0.1) is 0 Å². The summed E-state index contributed by atoms with van der Waals surface area (Å²) in [5.74, 6) is -0.417. The summed E-state index contributed by atoms with van der Waals surface area (Å²) < 4.78 is 0. The van der Waals surface area contributed by atoms with E-state index in [1.807, 2.05) is 49.5 Å². The van der Waals surface area contributed by atoms with Gasteiger partial charge in [-0.25, -0.2) is 0 Å². The van der Waals surface area contributed by atoms with Crippen molar-refractivity contribution in [3.63, 3.8) is 0 Å². The van der Waals surface area contributed by atoms with E-state index in [-0.39, 0.29) is 0 Å². The molecule has 2 aromatic rings. The van der Waals surface area contributed by atoms with Gasteiger partial charge in [-0.1, -0.05) is 42.5 Å². The van der Waals surface area contributed by atoms with Gasteiger partial charge in [0.05, 0.1) is 6.61 Å². The molecule has 0 aromatic heterocycles. The zero-order chi connectivity index (χ0) is 14.4. The van der Waals surface area contributed by atoms with Crippen molar-refractivity contribution >= 4 is 5.91 Å². The van der Waals surface area contributed by atoms with E-state index in [9.17, 15) is 4.79 Å². The molecule has 0 radical (unpaired) electrons. The summed E-state index contributed by atoms with van der Waals surface area (Å²) in [7, 11) is 1.86. The average Bonchev–Trinajstić information content (AvgIpc) is 2.46. The van der Waals surface area contributed by atoms with Gasteiger partial charge in [0.15, 0.2) is 0 Å². The Labute approximate surface area is 118 Å². The first-order valence-corrected chi connectivity index (χ1v) is 6.42. The fraction of sp³-hybridized carbons (Fsp3) is 0.188. The molecule has 0 atom stereocenters. The molecule has 0 aliphatic rings. The molecule has 0 aliphatic carbocycles. The third-order valence-corrected chi connectivity index (χ3v) is 2.91. The van der Waals surface area contributed by atoms with Crippen LogP contribution < -0.4 is 5.73 Å². The minimum Gasteiger partial charge on any atom is -0.366 e. The first-order valence-electron chi connectivity index (χ1n) is 6.42. The van der Waals surface area contributed by atoms with Crippen molar-refractivity contribution in [1.29, 1.82) is 0 Å². The van der Waals surface area contributed by atoms with Gasteiger partial charge >= 0.3 is 0 Å². The van der Waals surface area contributed by atoms with Crippen molar-refractivity contribution < 1.29 is 9.63 Å². The summed E-state index contributed by atoms with van der Waals surface area (Å²) in [6.07, 6.45) is 0. The first-order chi connectivity index (χ1) is 9.65. The van der Waals surface area contributed by atoms with Crippen LogP contribution in [0.1, 0.15) is 21.5 Å². The number of hydrogen-bond donors (Lipinski definition) is 1. The van der Waals surface area contributed by atoms with E-state index in [0.717, 1.165) is 11.1 Å². The highest BCUT2D eigenvalue weighted by molar-refractivity contribution is 5.92. The van der Waals surface area contributed by atoms with Crippen molar-refractivity contribution in [2.24, 2.45) is 5.73 Å². The number of primary amides is 1. The van der Waals surface area contributed by atoms with Crippen LogP contribution in [0.2, 0.25) is 0 Å². The Bertz CT molecular complexity index is 570. The normalized spacial score (nSPS) is 10.7. The number of hydroxylamine groups is 2. The summed E-state index contributed by atoms with van der Waals surface area (Å²) in [5, 5.41) is 1.74. The molecule has 0 aliphatic heterocycles. The van der Waals surface area contributed by atoms with E-state index in [4.69, 9.17) is 10.6 Å². The maximum atomic E-state index is 11.1. The van der Waals surface area contributed by atoms with Crippen LogP contribution in [0.5, 0.6) is 0 Å². The summed E-state index contributed by atoms with van der Waals surface area (Å²) in [5.41, 5.74) is 7.88. The molecule has 4 heteroatoms. The van der Waals surface area contributed by atoms with Gasteiger partial charge in [0.25, 0.3) is 0 Å². The molecule has 4 nitrogen and oxygen atoms in total. The van der Waals surface area contributed by atoms with Gasteiger partial charge in [-0.05, 0) is 23.3 Å². The molecule has 0 saturated carbocycles. The van der Waals surface area contributed by atoms with Crippen LogP contribution in [0.15, 0.2) is 54.6 Å². The molecule has 0 bridgehead atoms. The van der Waals surface area contributed by atoms with E-state index in [0.29, 0.717) is 18.7 Å². The van der Waals surface area contributed by atoms with Gasteiger partial charge in [-0.3, -0.25) is 9.63 Å². The summed E-state index contributed by atoms with van der Waals surface area (Å²) in [6.45, 7) is 1.11. The van der Waals surface area contributed by atoms with Crippen LogP contribution >= 0.6 is 0 Å². The number of hydrogen-bond acceptors (Lipinski definition) is 3. The molecule has 104 valence electrons. The highest BCUT2D eigenvalue weighted by atomic mass is 16.7. The van der Waals surface area contributed by atoms with Crippen molar-refractivity contribution in [3.05, 3.63) is 71.3 Å². The Morgan fingerprint density at radius 1 is 1.10 bits per heavy atom. The zero-order valence-corrected chi connectivity index (χ0v) is 11.5. The zero-order valence-electron chi connectivity index (χ0n) is 11.5. The Morgan fingerprint density at radius 2 is 1.80 bits per heavy atom. The third kappa shape index (κ3) is 4.19. The van der Waals surface area contributed by atoms with Crippen LogP contribution in [0.3, 0.4) is 0 Å². The summed E-state index contributed by atoms with van der Waals surface area (Å²) in [4.78, 5) is 16.8. The van der Waals surface area contributed by atoms with Crippen LogP contribution in [-0.4, -0.2) is 18.0 Å². The molecule has 0 fully saturated rings. The Hall–Kier alpha value is -2.17. The molecule has 0 unspecified atom stereocenters. The van der Waals surface area contributed by atoms with Gasteiger partial charge in [0.1, 0.15) is 0 Å². The highest BCUT2D eigenvalue weighted by Crippen LogP contribution is 2.09. The maximum Gasteiger partial charge on any atom is 0.248 e. The number of nitrogens with two attached hydrogens (primary N) is 1. The van der Waals surface area contributed by atoms with E-state index >= 15 is 0 Å². The largest absolute Gasteiger partial charge is 0.366 e. The number of rotatable bonds is 6. The van der Waals surface area contributed by atoms with Gasteiger partial charge in [0.2, 0.25) is 5.91 Å². The molecular weight excluding hydrogens is 252 g/mol. The monoisotopic (exact) mass is 270 g/mol. The second-order valence-electron chi connectivity index (χ2n) is 4.61. The smallest absolute Gasteiger partial charge is 0.248 e. The second-order valence-corrected chi connectivity index (χ2v) is 4.61. The predicted molar refractivity (Wildman–Crippen MR) is 77.7 cm³/mol. The average molecular weight is 270 g/mol. The predicted octanol–water partition coefficient (Wildman–Crippen LogP) is 2.35. The molecule has 2 aromatic carbocycles. The first kappa shape index (κ1) is 14.2. The van der Waals surface area contributed by atoms with E-state index in [1.165, 1.54) is 0 Å². The van der Waals surface area contributed by atoms with Crippen molar-refractivity contribution in [1.82, 2.24) is 5.06 Å². The van der Waals surface area contributed by atoms with Crippen molar-refractivity contribution in [3.8, 4) is 0 Å². The number of carbonyl (C=O) groups excluding carboxylic acids is 1. The molecule has 20 heavy (non-hydrogen) atoms. The SMILES string of the molecule is CN(Cc1cccc(C(N)=O)c1)OCc1ccccc1. The molecule has 0 heterocycles. The molecular formula is C16H18N2O2. The number of benzene rings is 2. The van der Waals surface area contributed by atoms with Crippen LogP contribution in [0.4, 0.5) is 0 Å². The standard InChI is InChI=1S/C16H18N2O2/c1-18(20-12-13-6-3-2-4-7-13)11-14-8-5-9-15(10-14)16(17)19/h2-10H,11-12H2,1H3,(H2,17,19). The fourth-order valence-corrected chi connectivity index (χ4v) is 1.88. The molecule has 1 amide bonds. The lowest BCUT2D eigenvalue weighted by molar-refractivity contribution is -0.157. The van der Waals surface area contributed by atoms with E-state index in [1.54, 1.807) is 17.2 Å². The van der Waals surface area contributed by atoms with Gasteiger partial charge in [0, 0.05) is 19.2 Å². The molecule has 2 rings (SSSR count). The molecule has 0 saturated heterocycles. The van der Waals surface area contributed by atoms with Gasteiger partial charge in [-0.2, -0.15) is 5.06 Å². The minimum absolute atomic E-state index is 0.417. The third-order valence-electron chi connectivity index (χ3n) is 2.91. The quantitative estimate of drug-likeness (QED) is 0.820. The lowest BCUT2D eigenvalue weighted by Gasteiger charge is -2.17. The lowest BCUT2D eigenvalue weighted by Crippen LogP contribution is -2.19. The maximum absolute atomic E-state index is 11.1. The Balaban J connectivity index is 1.89. The van der Waals surface area contributed by atoms with Crippen LogP contribution in [-0.2, 0) is 18.0 Å². The van der Waals surface area contributed by atoms with Crippen molar-refractivity contribution in [2.45, 2.75) is 13.2 Å². The van der Waals surface area contributed by atoms with E-state index in [2.05, 4.69) is 0 Å². The minimum atomic E-state index is -0.417. The fourth-order valence-electron chi connectivity index (χ4n) is 1.88. The van der Waals surface area contributed by atoms with Gasteiger partial charge < -0.3 is 5.73 Å². The summed E-state index contributed by atoms with van der Waals surface area (Å²) in [6, 6.07) is 17.2. The van der Waals surface area contributed by atoms with Crippen LogP contribution in [0, 0.1) is 0 Å². The van der Waals surface area contributed by atoms with Crippen LogP contribution in [0.25, 0.3) is 0 Å². The number of amides is 1. The molecule has 0 spiro atoms.